The lowest BCUT2D eigenvalue weighted by Crippen LogP contribution is -2.18. The molecule has 20 heavy (non-hydrogen) atoms. The zero-order valence-corrected chi connectivity index (χ0v) is 11.8. The summed E-state index contributed by atoms with van der Waals surface area (Å²) in [6.07, 6.45) is 0. The Morgan fingerprint density at radius 2 is 1.95 bits per heavy atom. The molecular formula is C17H18N2O. The molecule has 2 rings (SSSR count). The van der Waals surface area contributed by atoms with E-state index in [4.69, 9.17) is 10.00 Å². The number of nitriles is 1. The molecule has 0 aliphatic carbocycles. The normalized spacial score (nSPS) is 11.7. The number of nitrogens with one attached hydrogen (secondary N) is 1. The molecule has 2 aromatic rings. The summed E-state index contributed by atoms with van der Waals surface area (Å²) in [4.78, 5) is 0. The molecule has 0 saturated heterocycles. The number of hydrogen-bond acceptors (Lipinski definition) is 3. The van der Waals surface area contributed by atoms with Crippen LogP contribution < -0.4 is 10.1 Å². The molecule has 3 heteroatoms. The van der Waals surface area contributed by atoms with Crippen LogP contribution in [0.1, 0.15) is 29.7 Å². The minimum Gasteiger partial charge on any atom is -0.497 e. The van der Waals surface area contributed by atoms with Crippen molar-refractivity contribution < 1.29 is 4.74 Å². The summed E-state index contributed by atoms with van der Waals surface area (Å²) in [5.74, 6) is 0.864. The van der Waals surface area contributed by atoms with Crippen molar-refractivity contribution in [2.45, 2.75) is 19.5 Å². The van der Waals surface area contributed by atoms with Crippen LogP contribution in [0.25, 0.3) is 0 Å². The predicted octanol–water partition coefficient (Wildman–Crippen LogP) is 3.42. The maximum atomic E-state index is 8.92. The number of benzene rings is 2. The van der Waals surface area contributed by atoms with E-state index in [0.717, 1.165) is 17.9 Å². The lowest BCUT2D eigenvalue weighted by molar-refractivity contribution is 0.414. The van der Waals surface area contributed by atoms with Crippen LogP contribution in [0.4, 0.5) is 0 Å². The van der Waals surface area contributed by atoms with Crippen molar-refractivity contribution in [3.8, 4) is 11.8 Å². The van der Waals surface area contributed by atoms with Crippen LogP contribution in [0, 0.1) is 11.3 Å². The van der Waals surface area contributed by atoms with Crippen LogP contribution >= 0.6 is 0 Å². The van der Waals surface area contributed by atoms with Crippen molar-refractivity contribution in [2.75, 3.05) is 7.11 Å². The van der Waals surface area contributed by atoms with E-state index in [0.29, 0.717) is 5.56 Å². The fourth-order valence-electron chi connectivity index (χ4n) is 2.01. The first kappa shape index (κ1) is 14.1. The smallest absolute Gasteiger partial charge is 0.118 e. The van der Waals surface area contributed by atoms with Crippen LogP contribution in [0.5, 0.6) is 5.75 Å². The van der Waals surface area contributed by atoms with Gasteiger partial charge in [-0.1, -0.05) is 24.3 Å². The third-order valence-electron chi connectivity index (χ3n) is 3.29. The predicted molar refractivity (Wildman–Crippen MR) is 79.4 cm³/mol. The highest BCUT2D eigenvalue weighted by Gasteiger charge is 2.05. The third-order valence-corrected chi connectivity index (χ3v) is 3.29. The van der Waals surface area contributed by atoms with E-state index < -0.39 is 0 Å². The molecule has 0 saturated carbocycles. The van der Waals surface area contributed by atoms with Crippen LogP contribution in [0.2, 0.25) is 0 Å². The van der Waals surface area contributed by atoms with E-state index in [-0.39, 0.29) is 6.04 Å². The van der Waals surface area contributed by atoms with Gasteiger partial charge in [-0.2, -0.15) is 5.26 Å². The molecule has 0 bridgehead atoms. The summed E-state index contributed by atoms with van der Waals surface area (Å²) in [5, 5.41) is 12.4. The van der Waals surface area contributed by atoms with Crippen molar-refractivity contribution in [2.24, 2.45) is 0 Å². The molecule has 3 nitrogen and oxygen atoms in total. The van der Waals surface area contributed by atoms with E-state index in [1.54, 1.807) is 7.11 Å². The molecule has 0 aliphatic rings. The summed E-state index contributed by atoms with van der Waals surface area (Å²) in [6, 6.07) is 18.1. The minimum absolute atomic E-state index is 0.199. The zero-order valence-electron chi connectivity index (χ0n) is 11.8. The maximum absolute atomic E-state index is 8.92. The third kappa shape index (κ3) is 3.59. The number of ether oxygens (including phenoxy) is 1. The van der Waals surface area contributed by atoms with Gasteiger partial charge in [0.25, 0.3) is 0 Å². The second-order valence-corrected chi connectivity index (χ2v) is 4.69. The maximum Gasteiger partial charge on any atom is 0.118 e. The molecule has 0 aliphatic heterocycles. The SMILES string of the molecule is COc1ccc(CNC(C)c2cccc(C#N)c2)cc1. The summed E-state index contributed by atoms with van der Waals surface area (Å²) < 4.78 is 5.14. The number of rotatable bonds is 5. The fourth-order valence-corrected chi connectivity index (χ4v) is 2.01. The lowest BCUT2D eigenvalue weighted by atomic mass is 10.1. The van der Waals surface area contributed by atoms with Gasteiger partial charge >= 0.3 is 0 Å². The van der Waals surface area contributed by atoms with Crippen molar-refractivity contribution >= 4 is 0 Å². The summed E-state index contributed by atoms with van der Waals surface area (Å²) in [6.45, 7) is 2.88. The van der Waals surface area contributed by atoms with E-state index in [1.165, 1.54) is 5.56 Å². The Hall–Kier alpha value is -2.31. The van der Waals surface area contributed by atoms with Crippen molar-refractivity contribution in [3.63, 3.8) is 0 Å². The molecule has 0 heterocycles. The van der Waals surface area contributed by atoms with Gasteiger partial charge in [0, 0.05) is 12.6 Å². The Labute approximate surface area is 119 Å². The molecule has 0 aromatic heterocycles. The van der Waals surface area contributed by atoms with E-state index >= 15 is 0 Å². The molecule has 1 N–H and O–H groups in total. The van der Waals surface area contributed by atoms with Gasteiger partial charge in [0.1, 0.15) is 5.75 Å². The van der Waals surface area contributed by atoms with Gasteiger partial charge in [-0.05, 0) is 42.3 Å². The van der Waals surface area contributed by atoms with Crippen LogP contribution in [-0.4, -0.2) is 7.11 Å². The molecule has 1 atom stereocenters. The molecule has 2 aromatic carbocycles. The molecule has 0 amide bonds. The Morgan fingerprint density at radius 1 is 1.20 bits per heavy atom. The zero-order chi connectivity index (χ0) is 14.4. The van der Waals surface area contributed by atoms with Crippen molar-refractivity contribution in [3.05, 3.63) is 65.2 Å². The molecule has 1 unspecified atom stereocenters. The second kappa shape index (κ2) is 6.74. The Bertz CT molecular complexity index is 599. The van der Waals surface area contributed by atoms with Gasteiger partial charge in [-0.25, -0.2) is 0 Å². The monoisotopic (exact) mass is 266 g/mol. The quantitative estimate of drug-likeness (QED) is 0.902. The van der Waals surface area contributed by atoms with E-state index in [1.807, 2.05) is 48.5 Å². The lowest BCUT2D eigenvalue weighted by Gasteiger charge is -2.14. The van der Waals surface area contributed by atoms with E-state index in [9.17, 15) is 0 Å². The first-order valence-electron chi connectivity index (χ1n) is 6.59. The first-order valence-corrected chi connectivity index (χ1v) is 6.59. The van der Waals surface area contributed by atoms with Gasteiger partial charge in [0.15, 0.2) is 0 Å². The Morgan fingerprint density at radius 3 is 2.60 bits per heavy atom. The molecule has 0 spiro atoms. The molecular weight excluding hydrogens is 248 g/mol. The highest BCUT2D eigenvalue weighted by molar-refractivity contribution is 5.34. The largest absolute Gasteiger partial charge is 0.497 e. The first-order chi connectivity index (χ1) is 9.72. The molecule has 102 valence electrons. The summed E-state index contributed by atoms with van der Waals surface area (Å²) >= 11 is 0. The topological polar surface area (TPSA) is 45.0 Å². The standard InChI is InChI=1S/C17H18N2O/c1-13(16-5-3-4-15(10-16)11-18)19-12-14-6-8-17(20-2)9-7-14/h3-10,13,19H,12H2,1-2H3. The number of hydrogen-bond donors (Lipinski definition) is 1. The summed E-state index contributed by atoms with van der Waals surface area (Å²) in [7, 11) is 1.66. The van der Waals surface area contributed by atoms with E-state index in [2.05, 4.69) is 18.3 Å². The van der Waals surface area contributed by atoms with Crippen LogP contribution in [0.15, 0.2) is 48.5 Å². The fraction of sp³-hybridized carbons (Fsp3) is 0.235. The molecule has 0 fully saturated rings. The van der Waals surface area contributed by atoms with Gasteiger partial charge in [-0.3, -0.25) is 0 Å². The number of methoxy groups -OCH3 is 1. The highest BCUT2D eigenvalue weighted by atomic mass is 16.5. The summed E-state index contributed by atoms with van der Waals surface area (Å²) in [5.41, 5.74) is 3.02. The average Bonchev–Trinajstić information content (AvgIpc) is 2.53. The highest BCUT2D eigenvalue weighted by Crippen LogP contribution is 2.16. The van der Waals surface area contributed by atoms with Crippen molar-refractivity contribution in [1.82, 2.24) is 5.32 Å². The van der Waals surface area contributed by atoms with Crippen LogP contribution in [-0.2, 0) is 6.54 Å². The average molecular weight is 266 g/mol. The van der Waals surface area contributed by atoms with Gasteiger partial charge in [-0.15, -0.1) is 0 Å². The van der Waals surface area contributed by atoms with Crippen LogP contribution in [0.3, 0.4) is 0 Å². The Balaban J connectivity index is 1.97. The molecule has 0 radical (unpaired) electrons. The Kier molecular flexibility index (Phi) is 4.75. The minimum atomic E-state index is 0.199. The number of nitrogens with zero attached hydrogens (tertiary/aromatic N) is 1. The van der Waals surface area contributed by atoms with Gasteiger partial charge < -0.3 is 10.1 Å². The van der Waals surface area contributed by atoms with Gasteiger partial charge in [0.05, 0.1) is 18.7 Å². The van der Waals surface area contributed by atoms with Crippen molar-refractivity contribution in [1.29, 1.82) is 5.26 Å². The second-order valence-electron chi connectivity index (χ2n) is 4.69. The van der Waals surface area contributed by atoms with Gasteiger partial charge in [0.2, 0.25) is 0 Å².